The van der Waals surface area contributed by atoms with Gasteiger partial charge in [-0.15, -0.1) is 0 Å². The Labute approximate surface area is 125 Å². The summed E-state index contributed by atoms with van der Waals surface area (Å²) in [5, 5.41) is 0.767. The number of hydrogen-bond acceptors (Lipinski definition) is 2. The SMILES string of the molecule is CC(C(=O)N1CCN(c2cccc(Cl)c2)CC1)C1CC1. The van der Waals surface area contributed by atoms with E-state index < -0.39 is 0 Å². The molecule has 2 fully saturated rings. The van der Waals surface area contributed by atoms with Crippen LogP contribution in [0.15, 0.2) is 24.3 Å². The topological polar surface area (TPSA) is 23.6 Å². The van der Waals surface area contributed by atoms with Gasteiger partial charge in [-0.3, -0.25) is 4.79 Å². The lowest BCUT2D eigenvalue weighted by atomic mass is 10.0. The van der Waals surface area contributed by atoms with E-state index in [2.05, 4.69) is 17.9 Å². The number of piperazine rings is 1. The maximum absolute atomic E-state index is 12.4. The van der Waals surface area contributed by atoms with Gasteiger partial charge >= 0.3 is 0 Å². The van der Waals surface area contributed by atoms with Crippen molar-refractivity contribution >= 4 is 23.2 Å². The lowest BCUT2D eigenvalue weighted by molar-refractivity contribution is -0.135. The fourth-order valence-corrected chi connectivity index (χ4v) is 3.13. The van der Waals surface area contributed by atoms with Crippen LogP contribution in [0, 0.1) is 11.8 Å². The second-order valence-corrected chi connectivity index (χ2v) is 6.35. The molecule has 1 atom stereocenters. The number of anilines is 1. The fraction of sp³-hybridized carbons (Fsp3) is 0.562. The summed E-state index contributed by atoms with van der Waals surface area (Å²) < 4.78 is 0. The van der Waals surface area contributed by atoms with E-state index >= 15 is 0 Å². The van der Waals surface area contributed by atoms with Crippen LogP contribution in [0.25, 0.3) is 0 Å². The molecule has 1 aliphatic heterocycles. The molecule has 0 bridgehead atoms. The molecule has 108 valence electrons. The minimum atomic E-state index is 0.215. The highest BCUT2D eigenvalue weighted by Crippen LogP contribution is 2.37. The van der Waals surface area contributed by atoms with Crippen LogP contribution in [0.2, 0.25) is 5.02 Å². The number of hydrogen-bond donors (Lipinski definition) is 0. The standard InChI is InChI=1S/C16H21ClN2O/c1-12(13-5-6-13)16(20)19-9-7-18(8-10-19)15-4-2-3-14(17)11-15/h2-4,11-13H,5-10H2,1H3. The van der Waals surface area contributed by atoms with Gasteiger partial charge in [-0.25, -0.2) is 0 Å². The van der Waals surface area contributed by atoms with Crippen LogP contribution in [-0.2, 0) is 4.79 Å². The van der Waals surface area contributed by atoms with Crippen molar-refractivity contribution in [1.29, 1.82) is 0 Å². The zero-order valence-corrected chi connectivity index (χ0v) is 12.6. The van der Waals surface area contributed by atoms with E-state index in [-0.39, 0.29) is 5.92 Å². The number of nitrogens with zero attached hydrogens (tertiary/aromatic N) is 2. The van der Waals surface area contributed by atoms with Gasteiger partial charge in [0.15, 0.2) is 0 Å². The van der Waals surface area contributed by atoms with Crippen molar-refractivity contribution < 1.29 is 4.79 Å². The third-order valence-corrected chi connectivity index (χ3v) is 4.72. The molecule has 1 saturated carbocycles. The van der Waals surface area contributed by atoms with Crippen LogP contribution in [0.4, 0.5) is 5.69 Å². The predicted octanol–water partition coefficient (Wildman–Crippen LogP) is 3.03. The average Bonchev–Trinajstić information content (AvgIpc) is 3.30. The number of rotatable bonds is 3. The normalized spacial score (nSPS) is 20.9. The van der Waals surface area contributed by atoms with Gasteiger partial charge in [-0.2, -0.15) is 0 Å². The van der Waals surface area contributed by atoms with E-state index in [1.165, 1.54) is 12.8 Å². The molecule has 1 unspecified atom stereocenters. The quantitative estimate of drug-likeness (QED) is 0.855. The Kier molecular flexibility index (Phi) is 3.88. The summed E-state index contributed by atoms with van der Waals surface area (Å²) in [6.07, 6.45) is 2.46. The Hall–Kier alpha value is -1.22. The summed E-state index contributed by atoms with van der Waals surface area (Å²) >= 11 is 6.04. The second-order valence-electron chi connectivity index (χ2n) is 5.92. The Balaban J connectivity index is 1.57. The smallest absolute Gasteiger partial charge is 0.225 e. The van der Waals surface area contributed by atoms with Crippen LogP contribution < -0.4 is 4.90 Å². The predicted molar refractivity (Wildman–Crippen MR) is 82.1 cm³/mol. The number of halogens is 1. The summed E-state index contributed by atoms with van der Waals surface area (Å²) in [4.78, 5) is 16.7. The molecule has 0 N–H and O–H groups in total. The summed E-state index contributed by atoms with van der Waals surface area (Å²) in [7, 11) is 0. The van der Waals surface area contributed by atoms with Gasteiger partial charge in [0.05, 0.1) is 0 Å². The van der Waals surface area contributed by atoms with Crippen molar-refractivity contribution in [3.63, 3.8) is 0 Å². The van der Waals surface area contributed by atoms with Gasteiger partial charge in [-0.05, 0) is 37.0 Å². The van der Waals surface area contributed by atoms with E-state index in [0.717, 1.165) is 36.9 Å². The summed E-state index contributed by atoms with van der Waals surface area (Å²) in [5.74, 6) is 1.21. The van der Waals surface area contributed by atoms with Crippen molar-refractivity contribution in [3.8, 4) is 0 Å². The molecule has 1 amide bonds. The molecule has 0 radical (unpaired) electrons. The largest absolute Gasteiger partial charge is 0.368 e. The monoisotopic (exact) mass is 292 g/mol. The lowest BCUT2D eigenvalue weighted by Gasteiger charge is -2.37. The molecular weight excluding hydrogens is 272 g/mol. The number of benzene rings is 1. The molecule has 3 rings (SSSR count). The molecule has 3 nitrogen and oxygen atoms in total. The lowest BCUT2D eigenvalue weighted by Crippen LogP contribution is -2.50. The molecule has 1 aromatic rings. The van der Waals surface area contributed by atoms with E-state index in [1.54, 1.807) is 0 Å². The molecule has 1 heterocycles. The highest BCUT2D eigenvalue weighted by molar-refractivity contribution is 6.30. The Morgan fingerprint density at radius 1 is 1.25 bits per heavy atom. The third kappa shape index (κ3) is 2.93. The van der Waals surface area contributed by atoms with Gasteiger partial charge in [-0.1, -0.05) is 24.6 Å². The zero-order valence-electron chi connectivity index (χ0n) is 11.9. The fourth-order valence-electron chi connectivity index (χ4n) is 2.94. The van der Waals surface area contributed by atoms with Crippen molar-refractivity contribution in [2.75, 3.05) is 31.1 Å². The maximum Gasteiger partial charge on any atom is 0.225 e. The van der Waals surface area contributed by atoms with Crippen molar-refractivity contribution in [2.24, 2.45) is 11.8 Å². The molecule has 4 heteroatoms. The summed E-state index contributed by atoms with van der Waals surface area (Å²) in [6, 6.07) is 7.94. The molecule has 1 aromatic carbocycles. The Bertz CT molecular complexity index is 493. The average molecular weight is 293 g/mol. The van der Waals surface area contributed by atoms with Crippen LogP contribution in [0.3, 0.4) is 0 Å². The number of amides is 1. The highest BCUT2D eigenvalue weighted by atomic mass is 35.5. The Morgan fingerprint density at radius 2 is 1.95 bits per heavy atom. The number of carbonyl (C=O) groups is 1. The molecule has 0 aromatic heterocycles. The molecule has 1 saturated heterocycles. The third-order valence-electron chi connectivity index (χ3n) is 4.48. The molecular formula is C16H21ClN2O. The first-order valence-electron chi connectivity index (χ1n) is 7.44. The van der Waals surface area contributed by atoms with E-state index in [4.69, 9.17) is 11.6 Å². The van der Waals surface area contributed by atoms with E-state index in [0.29, 0.717) is 11.8 Å². The molecule has 2 aliphatic rings. The van der Waals surface area contributed by atoms with Crippen molar-refractivity contribution in [3.05, 3.63) is 29.3 Å². The summed E-state index contributed by atoms with van der Waals surface area (Å²) in [5.41, 5.74) is 1.15. The van der Waals surface area contributed by atoms with Crippen LogP contribution in [0.5, 0.6) is 0 Å². The van der Waals surface area contributed by atoms with Crippen LogP contribution in [0.1, 0.15) is 19.8 Å². The minimum Gasteiger partial charge on any atom is -0.368 e. The van der Waals surface area contributed by atoms with Gasteiger partial charge in [0.1, 0.15) is 0 Å². The van der Waals surface area contributed by atoms with E-state index in [1.807, 2.05) is 23.1 Å². The molecule has 0 spiro atoms. The first kappa shape index (κ1) is 13.7. The maximum atomic E-state index is 12.4. The molecule has 1 aliphatic carbocycles. The first-order valence-corrected chi connectivity index (χ1v) is 7.82. The van der Waals surface area contributed by atoms with Crippen LogP contribution >= 0.6 is 11.6 Å². The van der Waals surface area contributed by atoms with Gasteiger partial charge in [0.2, 0.25) is 5.91 Å². The van der Waals surface area contributed by atoms with E-state index in [9.17, 15) is 4.79 Å². The minimum absolute atomic E-state index is 0.215. The van der Waals surface area contributed by atoms with Crippen molar-refractivity contribution in [1.82, 2.24) is 4.90 Å². The second kappa shape index (κ2) is 5.65. The molecule has 20 heavy (non-hydrogen) atoms. The zero-order chi connectivity index (χ0) is 14.1. The highest BCUT2D eigenvalue weighted by Gasteiger charge is 2.35. The van der Waals surface area contributed by atoms with Gasteiger partial charge < -0.3 is 9.80 Å². The number of carbonyl (C=O) groups excluding carboxylic acids is 1. The first-order chi connectivity index (χ1) is 9.65. The summed E-state index contributed by atoms with van der Waals surface area (Å²) in [6.45, 7) is 5.51. The Morgan fingerprint density at radius 3 is 2.55 bits per heavy atom. The van der Waals surface area contributed by atoms with Gasteiger partial charge in [0.25, 0.3) is 0 Å². The van der Waals surface area contributed by atoms with Gasteiger partial charge in [0, 0.05) is 42.8 Å². The van der Waals surface area contributed by atoms with Crippen molar-refractivity contribution in [2.45, 2.75) is 19.8 Å². The van der Waals surface area contributed by atoms with Crippen LogP contribution in [-0.4, -0.2) is 37.0 Å².